The van der Waals surface area contributed by atoms with Gasteiger partial charge in [0, 0.05) is 17.5 Å². The predicted octanol–water partition coefficient (Wildman–Crippen LogP) is 3.63. The number of furan rings is 1. The monoisotopic (exact) mass is 406 g/mol. The molecular formula is C22H22N4O4. The van der Waals surface area contributed by atoms with E-state index < -0.39 is 18.0 Å². The highest BCUT2D eigenvalue weighted by Crippen LogP contribution is 2.35. The number of urea groups is 1. The molecule has 0 fully saturated rings. The molecule has 1 aliphatic rings. The number of amides is 2. The molecule has 1 atom stereocenters. The Balaban J connectivity index is 1.89. The molecule has 4 rings (SSSR count). The highest BCUT2D eigenvalue weighted by Gasteiger charge is 2.35. The van der Waals surface area contributed by atoms with Crippen molar-refractivity contribution in [1.82, 2.24) is 20.4 Å². The number of aromatic nitrogens is 2. The van der Waals surface area contributed by atoms with Crippen LogP contribution in [-0.4, -0.2) is 28.4 Å². The van der Waals surface area contributed by atoms with Crippen LogP contribution in [0, 0.1) is 6.92 Å². The summed E-state index contributed by atoms with van der Waals surface area (Å²) < 4.78 is 12.8. The first-order valence-electron chi connectivity index (χ1n) is 9.65. The van der Waals surface area contributed by atoms with Gasteiger partial charge in [0.15, 0.2) is 5.76 Å². The molecule has 3 aromatic rings. The maximum absolute atomic E-state index is 12.7. The van der Waals surface area contributed by atoms with Crippen LogP contribution in [0.3, 0.4) is 0 Å². The SMILES string of the molecule is CCOC(=O)C1=C(C)NC(=O)NC1c1cn(-c2ccccc2)nc1-c1ccc(C)o1. The molecule has 1 aliphatic heterocycles. The van der Waals surface area contributed by atoms with Crippen molar-refractivity contribution in [3.8, 4) is 17.1 Å². The van der Waals surface area contributed by atoms with Gasteiger partial charge in [0.05, 0.1) is 23.9 Å². The van der Waals surface area contributed by atoms with Crippen molar-refractivity contribution >= 4 is 12.0 Å². The van der Waals surface area contributed by atoms with Crippen LogP contribution in [0.5, 0.6) is 0 Å². The molecule has 2 amide bonds. The Hall–Kier alpha value is -3.81. The molecule has 8 heteroatoms. The van der Waals surface area contributed by atoms with Gasteiger partial charge < -0.3 is 19.8 Å². The van der Waals surface area contributed by atoms with E-state index in [-0.39, 0.29) is 6.61 Å². The van der Waals surface area contributed by atoms with Crippen molar-refractivity contribution in [2.45, 2.75) is 26.8 Å². The zero-order valence-electron chi connectivity index (χ0n) is 16.9. The summed E-state index contributed by atoms with van der Waals surface area (Å²) in [6.07, 6.45) is 1.80. The number of nitrogens with one attached hydrogen (secondary N) is 2. The maximum atomic E-state index is 12.7. The van der Waals surface area contributed by atoms with Crippen LogP contribution in [0.25, 0.3) is 17.1 Å². The van der Waals surface area contributed by atoms with Gasteiger partial charge in [-0.15, -0.1) is 0 Å². The van der Waals surface area contributed by atoms with E-state index in [9.17, 15) is 9.59 Å². The minimum Gasteiger partial charge on any atom is -0.463 e. The van der Waals surface area contributed by atoms with Crippen molar-refractivity contribution in [3.63, 3.8) is 0 Å². The number of carbonyl (C=O) groups excluding carboxylic acids is 2. The Labute approximate surface area is 173 Å². The fourth-order valence-corrected chi connectivity index (χ4v) is 3.47. The van der Waals surface area contributed by atoms with Gasteiger partial charge in [-0.1, -0.05) is 18.2 Å². The Morgan fingerprint density at radius 2 is 1.97 bits per heavy atom. The summed E-state index contributed by atoms with van der Waals surface area (Å²) >= 11 is 0. The average molecular weight is 406 g/mol. The number of allylic oxidation sites excluding steroid dienone is 1. The molecule has 30 heavy (non-hydrogen) atoms. The molecule has 3 heterocycles. The molecule has 0 spiro atoms. The van der Waals surface area contributed by atoms with Crippen molar-refractivity contribution in [1.29, 1.82) is 0 Å². The van der Waals surface area contributed by atoms with Gasteiger partial charge in [0.2, 0.25) is 0 Å². The summed E-state index contributed by atoms with van der Waals surface area (Å²) in [5.74, 6) is 0.782. The molecule has 0 bridgehead atoms. The van der Waals surface area contributed by atoms with Crippen molar-refractivity contribution in [2.75, 3.05) is 6.61 Å². The number of para-hydroxylation sites is 1. The zero-order valence-corrected chi connectivity index (χ0v) is 16.9. The van der Waals surface area contributed by atoms with Crippen LogP contribution in [0.4, 0.5) is 4.79 Å². The Morgan fingerprint density at radius 1 is 1.20 bits per heavy atom. The number of aryl methyl sites for hydroxylation is 1. The van der Waals surface area contributed by atoms with Gasteiger partial charge >= 0.3 is 12.0 Å². The first-order valence-corrected chi connectivity index (χ1v) is 9.65. The van der Waals surface area contributed by atoms with E-state index in [0.29, 0.717) is 28.3 Å². The number of benzene rings is 1. The quantitative estimate of drug-likeness (QED) is 0.631. The third-order valence-electron chi connectivity index (χ3n) is 4.81. The van der Waals surface area contributed by atoms with Crippen LogP contribution < -0.4 is 10.6 Å². The van der Waals surface area contributed by atoms with Gasteiger partial charge in [-0.3, -0.25) is 0 Å². The van der Waals surface area contributed by atoms with Crippen molar-refractivity contribution < 1.29 is 18.7 Å². The lowest BCUT2D eigenvalue weighted by molar-refractivity contribution is -0.139. The van der Waals surface area contributed by atoms with Gasteiger partial charge in [-0.05, 0) is 45.0 Å². The van der Waals surface area contributed by atoms with Crippen LogP contribution in [0.2, 0.25) is 0 Å². The highest BCUT2D eigenvalue weighted by atomic mass is 16.5. The molecule has 8 nitrogen and oxygen atoms in total. The van der Waals surface area contributed by atoms with Gasteiger partial charge in [-0.2, -0.15) is 5.10 Å². The average Bonchev–Trinajstić information content (AvgIpc) is 3.34. The lowest BCUT2D eigenvalue weighted by Crippen LogP contribution is -2.45. The molecule has 1 aromatic carbocycles. The number of esters is 1. The normalized spacial score (nSPS) is 16.2. The summed E-state index contributed by atoms with van der Waals surface area (Å²) in [5, 5.41) is 10.2. The van der Waals surface area contributed by atoms with E-state index in [2.05, 4.69) is 10.6 Å². The fourth-order valence-electron chi connectivity index (χ4n) is 3.47. The second-order valence-corrected chi connectivity index (χ2v) is 6.91. The fraction of sp³-hybridized carbons (Fsp3) is 0.227. The van der Waals surface area contributed by atoms with E-state index in [1.54, 1.807) is 24.7 Å². The van der Waals surface area contributed by atoms with Crippen LogP contribution >= 0.6 is 0 Å². The second-order valence-electron chi connectivity index (χ2n) is 6.91. The molecule has 0 saturated heterocycles. The number of carbonyl (C=O) groups is 2. The molecule has 1 unspecified atom stereocenters. The standard InChI is InChI=1S/C22H22N4O4/c1-4-29-21(27)18-14(3)23-22(28)24-20(18)16-12-26(15-8-6-5-7-9-15)25-19(16)17-11-10-13(2)30-17/h5-12,20H,4H2,1-3H3,(H2,23,24,28). The topological polar surface area (TPSA) is 98.4 Å². The molecule has 154 valence electrons. The van der Waals surface area contributed by atoms with Crippen LogP contribution in [0.15, 0.2) is 64.3 Å². The van der Waals surface area contributed by atoms with Crippen LogP contribution in [-0.2, 0) is 9.53 Å². The number of ether oxygens (including phenoxy) is 1. The first kappa shape index (κ1) is 19.5. The lowest BCUT2D eigenvalue weighted by Gasteiger charge is -2.27. The van der Waals surface area contributed by atoms with E-state index in [4.69, 9.17) is 14.3 Å². The molecular weight excluding hydrogens is 384 g/mol. The molecule has 0 aliphatic carbocycles. The molecule has 0 saturated carbocycles. The van der Waals surface area contributed by atoms with E-state index in [1.807, 2.05) is 49.4 Å². The summed E-state index contributed by atoms with van der Waals surface area (Å²) in [5.41, 5.74) is 2.77. The zero-order chi connectivity index (χ0) is 21.3. The van der Waals surface area contributed by atoms with E-state index in [1.165, 1.54) is 0 Å². The largest absolute Gasteiger partial charge is 0.463 e. The van der Waals surface area contributed by atoms with Crippen LogP contribution in [0.1, 0.15) is 31.2 Å². The van der Waals surface area contributed by atoms with Crippen molar-refractivity contribution in [2.24, 2.45) is 0 Å². The minimum atomic E-state index is -0.740. The predicted molar refractivity (Wildman–Crippen MR) is 110 cm³/mol. The lowest BCUT2D eigenvalue weighted by atomic mass is 9.95. The molecule has 0 radical (unpaired) electrons. The Morgan fingerprint density at radius 3 is 2.63 bits per heavy atom. The van der Waals surface area contributed by atoms with E-state index >= 15 is 0 Å². The number of rotatable bonds is 5. The van der Waals surface area contributed by atoms with E-state index in [0.717, 1.165) is 11.4 Å². The smallest absolute Gasteiger partial charge is 0.338 e. The minimum absolute atomic E-state index is 0.226. The molecule has 2 N–H and O–H groups in total. The van der Waals surface area contributed by atoms with Gasteiger partial charge in [0.1, 0.15) is 11.5 Å². The second kappa shape index (κ2) is 7.90. The maximum Gasteiger partial charge on any atom is 0.338 e. The van der Waals surface area contributed by atoms with Gasteiger partial charge in [0.25, 0.3) is 0 Å². The number of hydrogen-bond donors (Lipinski definition) is 2. The molecule has 2 aromatic heterocycles. The van der Waals surface area contributed by atoms with Gasteiger partial charge in [-0.25, -0.2) is 14.3 Å². The summed E-state index contributed by atoms with van der Waals surface area (Å²) in [7, 11) is 0. The Bertz CT molecular complexity index is 1130. The summed E-state index contributed by atoms with van der Waals surface area (Å²) in [6.45, 7) is 5.49. The number of hydrogen-bond acceptors (Lipinski definition) is 5. The number of nitrogens with zero attached hydrogens (tertiary/aromatic N) is 2. The third-order valence-corrected chi connectivity index (χ3v) is 4.81. The van der Waals surface area contributed by atoms with Crippen molar-refractivity contribution in [3.05, 3.63) is 71.3 Å². The first-order chi connectivity index (χ1) is 14.5. The summed E-state index contributed by atoms with van der Waals surface area (Å²) in [6, 6.07) is 12.1. The Kier molecular flexibility index (Phi) is 5.14. The third kappa shape index (κ3) is 3.59. The highest BCUT2D eigenvalue weighted by molar-refractivity contribution is 5.95. The summed E-state index contributed by atoms with van der Waals surface area (Å²) in [4.78, 5) is 25.0.